The summed E-state index contributed by atoms with van der Waals surface area (Å²) in [7, 11) is 0. The summed E-state index contributed by atoms with van der Waals surface area (Å²) in [5.41, 5.74) is 10.2. The number of nitrogens with zero attached hydrogens (tertiary/aromatic N) is 2. The Bertz CT molecular complexity index is 577. The first-order chi connectivity index (χ1) is 11.0. The molecule has 0 amide bonds. The molecule has 0 bridgehead atoms. The molecule has 1 aliphatic heterocycles. The molecule has 0 spiro atoms. The van der Waals surface area contributed by atoms with Crippen molar-refractivity contribution in [3.63, 3.8) is 0 Å². The lowest BCUT2D eigenvalue weighted by atomic mass is 9.99. The standard InChI is InChI=1S/C19H30N4.HI/c1-19(2,23-11-4-3-5-12-23)14-21-18(20)22-17-10-9-15-7-6-8-16(15)13-17;/h9-10,13H,3-8,11-12,14H2,1-2H3,(H3,20,21,22);1H. The van der Waals surface area contributed by atoms with Crippen LogP contribution in [-0.4, -0.2) is 36.0 Å². The van der Waals surface area contributed by atoms with Crippen LogP contribution in [0.5, 0.6) is 0 Å². The van der Waals surface area contributed by atoms with E-state index in [9.17, 15) is 0 Å². The van der Waals surface area contributed by atoms with Crippen LogP contribution in [-0.2, 0) is 12.8 Å². The maximum Gasteiger partial charge on any atom is 0.193 e. The Kier molecular flexibility index (Phi) is 6.92. The molecule has 4 nitrogen and oxygen atoms in total. The number of benzene rings is 1. The van der Waals surface area contributed by atoms with Gasteiger partial charge in [-0.3, -0.25) is 9.89 Å². The van der Waals surface area contributed by atoms with Gasteiger partial charge in [0.2, 0.25) is 0 Å². The summed E-state index contributed by atoms with van der Waals surface area (Å²) < 4.78 is 0. The van der Waals surface area contributed by atoms with Crippen molar-refractivity contribution in [2.45, 2.75) is 57.9 Å². The number of anilines is 1. The van der Waals surface area contributed by atoms with Gasteiger partial charge in [0, 0.05) is 11.2 Å². The number of fused-ring (bicyclic) bond motifs is 1. The van der Waals surface area contributed by atoms with Crippen molar-refractivity contribution < 1.29 is 0 Å². The molecule has 1 heterocycles. The Hall–Kier alpha value is -0.820. The average molecular weight is 442 g/mol. The SMILES string of the molecule is CC(C)(CN=C(N)Nc1ccc2c(c1)CCC2)N1CCCCC1.I. The summed E-state index contributed by atoms with van der Waals surface area (Å²) in [4.78, 5) is 7.15. The van der Waals surface area contributed by atoms with Gasteiger partial charge in [-0.25, -0.2) is 0 Å². The zero-order valence-corrected chi connectivity index (χ0v) is 17.3. The molecular weight excluding hydrogens is 411 g/mol. The molecule has 1 aromatic carbocycles. The molecule has 3 N–H and O–H groups in total. The zero-order chi connectivity index (χ0) is 16.3. The third kappa shape index (κ3) is 4.85. The van der Waals surface area contributed by atoms with Crippen molar-refractivity contribution in [1.82, 2.24) is 4.90 Å². The summed E-state index contributed by atoms with van der Waals surface area (Å²) in [5.74, 6) is 0.521. The molecule has 1 aliphatic carbocycles. The van der Waals surface area contributed by atoms with Crippen LogP contribution in [0.4, 0.5) is 5.69 Å². The van der Waals surface area contributed by atoms with E-state index in [1.54, 1.807) is 0 Å². The first-order valence-electron chi connectivity index (χ1n) is 8.98. The van der Waals surface area contributed by atoms with E-state index in [4.69, 9.17) is 5.73 Å². The summed E-state index contributed by atoms with van der Waals surface area (Å²) in [5, 5.41) is 3.26. The van der Waals surface area contributed by atoms with Crippen LogP contribution in [0, 0.1) is 0 Å². The Labute approximate surface area is 163 Å². The molecule has 1 saturated heterocycles. The number of nitrogens with one attached hydrogen (secondary N) is 1. The molecule has 1 fully saturated rings. The fourth-order valence-electron chi connectivity index (χ4n) is 3.71. The van der Waals surface area contributed by atoms with Crippen LogP contribution in [0.15, 0.2) is 23.2 Å². The topological polar surface area (TPSA) is 53.6 Å². The molecule has 2 aliphatic rings. The van der Waals surface area contributed by atoms with Crippen molar-refractivity contribution in [1.29, 1.82) is 0 Å². The fourth-order valence-corrected chi connectivity index (χ4v) is 3.71. The third-order valence-corrected chi connectivity index (χ3v) is 5.22. The Morgan fingerprint density at radius 3 is 2.58 bits per heavy atom. The van der Waals surface area contributed by atoms with Gasteiger partial charge < -0.3 is 11.1 Å². The van der Waals surface area contributed by atoms with Gasteiger partial charge in [0.15, 0.2) is 5.96 Å². The smallest absolute Gasteiger partial charge is 0.193 e. The van der Waals surface area contributed by atoms with E-state index in [-0.39, 0.29) is 29.5 Å². The minimum atomic E-state index is 0. The van der Waals surface area contributed by atoms with Gasteiger partial charge in [-0.05, 0) is 82.3 Å². The van der Waals surface area contributed by atoms with Crippen molar-refractivity contribution in [3.05, 3.63) is 29.3 Å². The van der Waals surface area contributed by atoms with Crippen molar-refractivity contribution in [3.8, 4) is 0 Å². The highest BCUT2D eigenvalue weighted by atomic mass is 127. The zero-order valence-electron chi connectivity index (χ0n) is 15.0. The normalized spacial score (nSPS) is 18.8. The first-order valence-corrected chi connectivity index (χ1v) is 8.98. The number of nitrogens with two attached hydrogens (primary N) is 1. The van der Waals surface area contributed by atoms with E-state index in [2.05, 4.69) is 47.3 Å². The van der Waals surface area contributed by atoms with Crippen LogP contribution < -0.4 is 11.1 Å². The highest BCUT2D eigenvalue weighted by Crippen LogP contribution is 2.25. The molecular formula is C19H31IN4. The monoisotopic (exact) mass is 442 g/mol. The number of guanidine groups is 1. The predicted octanol–water partition coefficient (Wildman–Crippen LogP) is 3.78. The second kappa shape index (κ2) is 8.52. The molecule has 5 heteroatoms. The second-order valence-electron chi connectivity index (χ2n) is 7.52. The number of aliphatic imine (C=N–C) groups is 1. The quantitative estimate of drug-likeness (QED) is 0.424. The Balaban J connectivity index is 0.00000208. The van der Waals surface area contributed by atoms with Crippen LogP contribution in [0.2, 0.25) is 0 Å². The summed E-state index contributed by atoms with van der Waals surface area (Å²) in [6.45, 7) is 7.63. The highest BCUT2D eigenvalue weighted by molar-refractivity contribution is 14.0. The minimum absolute atomic E-state index is 0. The van der Waals surface area contributed by atoms with Gasteiger partial charge in [-0.15, -0.1) is 24.0 Å². The maximum absolute atomic E-state index is 6.11. The van der Waals surface area contributed by atoms with Crippen LogP contribution in [0.25, 0.3) is 0 Å². The van der Waals surface area contributed by atoms with Gasteiger partial charge in [0.1, 0.15) is 0 Å². The van der Waals surface area contributed by atoms with Gasteiger partial charge >= 0.3 is 0 Å². The Morgan fingerprint density at radius 1 is 1.12 bits per heavy atom. The molecule has 134 valence electrons. The van der Waals surface area contributed by atoms with Crippen molar-refractivity contribution >= 4 is 35.6 Å². The summed E-state index contributed by atoms with van der Waals surface area (Å²) >= 11 is 0. The van der Waals surface area contributed by atoms with Crippen LogP contribution in [0.3, 0.4) is 0 Å². The first kappa shape index (κ1) is 19.5. The highest BCUT2D eigenvalue weighted by Gasteiger charge is 2.27. The van der Waals surface area contributed by atoms with Gasteiger partial charge in [0.25, 0.3) is 0 Å². The lowest BCUT2D eigenvalue weighted by Crippen LogP contribution is -2.49. The summed E-state index contributed by atoms with van der Waals surface area (Å²) in [6.07, 6.45) is 7.63. The number of piperidine rings is 1. The van der Waals surface area contributed by atoms with E-state index < -0.39 is 0 Å². The third-order valence-electron chi connectivity index (χ3n) is 5.22. The van der Waals surface area contributed by atoms with Gasteiger partial charge in [0.05, 0.1) is 6.54 Å². The van der Waals surface area contributed by atoms with E-state index in [0.717, 1.165) is 12.2 Å². The Morgan fingerprint density at radius 2 is 1.83 bits per heavy atom. The molecule has 3 rings (SSSR count). The van der Waals surface area contributed by atoms with Crippen molar-refractivity contribution in [2.75, 3.05) is 25.0 Å². The summed E-state index contributed by atoms with van der Waals surface area (Å²) in [6, 6.07) is 6.55. The van der Waals surface area contributed by atoms with Crippen LogP contribution >= 0.6 is 24.0 Å². The van der Waals surface area contributed by atoms with Crippen molar-refractivity contribution in [2.24, 2.45) is 10.7 Å². The molecule has 1 aromatic rings. The number of likely N-dealkylation sites (tertiary alicyclic amines) is 1. The number of aryl methyl sites for hydroxylation is 2. The van der Waals surface area contributed by atoms with E-state index in [0.29, 0.717) is 5.96 Å². The molecule has 0 radical (unpaired) electrons. The molecule has 0 unspecified atom stereocenters. The second-order valence-corrected chi connectivity index (χ2v) is 7.52. The van der Waals surface area contributed by atoms with E-state index in [1.165, 1.54) is 62.7 Å². The lowest BCUT2D eigenvalue weighted by Gasteiger charge is -2.40. The molecule has 24 heavy (non-hydrogen) atoms. The van der Waals surface area contributed by atoms with Gasteiger partial charge in [-0.1, -0.05) is 12.5 Å². The predicted molar refractivity (Wildman–Crippen MR) is 113 cm³/mol. The molecule has 0 atom stereocenters. The maximum atomic E-state index is 6.11. The van der Waals surface area contributed by atoms with Crippen LogP contribution in [0.1, 0.15) is 50.7 Å². The number of hydrogen-bond acceptors (Lipinski definition) is 2. The number of rotatable bonds is 4. The van der Waals surface area contributed by atoms with Gasteiger partial charge in [-0.2, -0.15) is 0 Å². The minimum Gasteiger partial charge on any atom is -0.370 e. The number of hydrogen-bond donors (Lipinski definition) is 2. The molecule has 0 aromatic heterocycles. The number of halogens is 1. The van der Waals surface area contributed by atoms with E-state index >= 15 is 0 Å². The average Bonchev–Trinajstić information content (AvgIpc) is 3.02. The fraction of sp³-hybridized carbons (Fsp3) is 0.632. The lowest BCUT2D eigenvalue weighted by molar-refractivity contribution is 0.102. The largest absolute Gasteiger partial charge is 0.370 e. The van der Waals surface area contributed by atoms with E-state index in [1.807, 2.05) is 0 Å². The molecule has 0 saturated carbocycles.